The van der Waals surface area contributed by atoms with E-state index in [9.17, 15) is 9.59 Å². The van der Waals surface area contributed by atoms with Crippen LogP contribution < -0.4 is 0 Å². The van der Waals surface area contributed by atoms with Gasteiger partial charge in [-0.25, -0.2) is 9.78 Å². The average Bonchev–Trinajstić information content (AvgIpc) is 2.88. The van der Waals surface area contributed by atoms with Crippen molar-refractivity contribution in [1.29, 1.82) is 0 Å². The number of hydrogen-bond acceptors (Lipinski definition) is 5. The molecular weight excluding hydrogens is 278 g/mol. The second-order valence-corrected chi connectivity index (χ2v) is 6.19. The number of carbonyl (C=O) groups is 2. The van der Waals surface area contributed by atoms with E-state index in [1.165, 1.54) is 5.38 Å². The highest BCUT2D eigenvalue weighted by molar-refractivity contribution is 7.11. The van der Waals surface area contributed by atoms with Crippen LogP contribution in [0.4, 0.5) is 0 Å². The normalized spacial score (nSPS) is 16.6. The van der Waals surface area contributed by atoms with Crippen LogP contribution in [0.3, 0.4) is 0 Å². The van der Waals surface area contributed by atoms with E-state index >= 15 is 0 Å². The Labute approximate surface area is 122 Å². The van der Waals surface area contributed by atoms with Gasteiger partial charge in [-0.2, -0.15) is 0 Å². The number of hydrogen-bond donors (Lipinski definition) is 1. The number of piperazine rings is 1. The fourth-order valence-electron chi connectivity index (χ4n) is 2.26. The van der Waals surface area contributed by atoms with Crippen molar-refractivity contribution in [2.24, 2.45) is 5.92 Å². The minimum Gasteiger partial charge on any atom is -0.476 e. The number of carboxylic acids is 1. The van der Waals surface area contributed by atoms with Gasteiger partial charge in [-0.1, -0.05) is 13.8 Å². The summed E-state index contributed by atoms with van der Waals surface area (Å²) in [5.41, 5.74) is -0.0585. The van der Waals surface area contributed by atoms with Crippen molar-refractivity contribution < 1.29 is 14.7 Å². The molecule has 6 nitrogen and oxygen atoms in total. The Kier molecular flexibility index (Phi) is 4.72. The van der Waals surface area contributed by atoms with Crippen LogP contribution in [-0.4, -0.2) is 64.5 Å². The summed E-state index contributed by atoms with van der Waals surface area (Å²) in [6, 6.07) is 0. The summed E-state index contributed by atoms with van der Waals surface area (Å²) < 4.78 is 0. The Morgan fingerprint density at radius 3 is 2.50 bits per heavy atom. The van der Waals surface area contributed by atoms with E-state index in [1.54, 1.807) is 4.90 Å². The van der Waals surface area contributed by atoms with Gasteiger partial charge in [-0.15, -0.1) is 11.3 Å². The molecule has 1 aliphatic heterocycles. The highest BCUT2D eigenvalue weighted by atomic mass is 32.1. The van der Waals surface area contributed by atoms with Crippen molar-refractivity contribution in [2.75, 3.05) is 32.7 Å². The summed E-state index contributed by atoms with van der Waals surface area (Å²) in [5.74, 6) is -0.636. The Morgan fingerprint density at radius 2 is 2.00 bits per heavy atom. The number of carbonyl (C=O) groups excluding carboxylic acids is 1. The van der Waals surface area contributed by atoms with Crippen molar-refractivity contribution in [2.45, 2.75) is 13.8 Å². The molecule has 1 saturated heterocycles. The second kappa shape index (κ2) is 6.32. The van der Waals surface area contributed by atoms with Gasteiger partial charge in [0.05, 0.1) is 0 Å². The molecule has 0 unspecified atom stereocenters. The molecule has 2 rings (SSSR count). The zero-order valence-corrected chi connectivity index (χ0v) is 12.5. The largest absolute Gasteiger partial charge is 0.476 e. The third kappa shape index (κ3) is 3.55. The van der Waals surface area contributed by atoms with Crippen LogP contribution in [0.5, 0.6) is 0 Å². The number of aromatic carboxylic acids is 1. The summed E-state index contributed by atoms with van der Waals surface area (Å²) in [6.45, 7) is 8.48. The quantitative estimate of drug-likeness (QED) is 0.905. The molecule has 0 aliphatic carbocycles. The van der Waals surface area contributed by atoms with Gasteiger partial charge < -0.3 is 10.0 Å². The third-order valence-electron chi connectivity index (χ3n) is 3.19. The summed E-state index contributed by atoms with van der Waals surface area (Å²) in [6.07, 6.45) is 0. The van der Waals surface area contributed by atoms with Gasteiger partial charge in [0.2, 0.25) is 0 Å². The smallest absolute Gasteiger partial charge is 0.355 e. The van der Waals surface area contributed by atoms with Crippen molar-refractivity contribution in [1.82, 2.24) is 14.8 Å². The first-order valence-electron chi connectivity index (χ1n) is 6.68. The standard InChI is InChI=1S/C13H19N3O3S/c1-9(2)7-15-3-5-16(6-4-15)12(17)11-14-10(8-20-11)13(18)19/h8-9H,3-7H2,1-2H3,(H,18,19). The fourth-order valence-corrected chi connectivity index (χ4v) is 3.01. The molecule has 0 atom stereocenters. The predicted molar refractivity (Wildman–Crippen MR) is 76.3 cm³/mol. The Hall–Kier alpha value is -1.47. The van der Waals surface area contributed by atoms with Gasteiger partial charge >= 0.3 is 5.97 Å². The maximum Gasteiger partial charge on any atom is 0.355 e. The third-order valence-corrected chi connectivity index (χ3v) is 4.02. The topological polar surface area (TPSA) is 73.7 Å². The molecule has 0 spiro atoms. The summed E-state index contributed by atoms with van der Waals surface area (Å²) in [7, 11) is 0. The van der Waals surface area contributed by atoms with Crippen molar-refractivity contribution >= 4 is 23.2 Å². The van der Waals surface area contributed by atoms with E-state index in [2.05, 4.69) is 23.7 Å². The maximum atomic E-state index is 12.2. The lowest BCUT2D eigenvalue weighted by molar-refractivity contribution is 0.0623. The number of carboxylic acid groups (broad SMARTS) is 1. The number of nitrogens with zero attached hydrogens (tertiary/aromatic N) is 3. The molecule has 1 aliphatic rings. The van der Waals surface area contributed by atoms with Crippen LogP contribution in [0.25, 0.3) is 0 Å². The van der Waals surface area contributed by atoms with Crippen LogP contribution in [0.15, 0.2) is 5.38 Å². The van der Waals surface area contributed by atoms with Crippen LogP contribution in [-0.2, 0) is 0 Å². The first-order chi connectivity index (χ1) is 9.47. The number of rotatable bonds is 4. The van der Waals surface area contributed by atoms with Crippen LogP contribution >= 0.6 is 11.3 Å². The Morgan fingerprint density at radius 1 is 1.35 bits per heavy atom. The highest BCUT2D eigenvalue weighted by Gasteiger charge is 2.25. The van der Waals surface area contributed by atoms with Gasteiger partial charge in [0.15, 0.2) is 10.7 Å². The molecule has 0 bridgehead atoms. The fraction of sp³-hybridized carbons (Fsp3) is 0.615. The number of aromatic nitrogens is 1. The lowest BCUT2D eigenvalue weighted by Gasteiger charge is -2.35. The lowest BCUT2D eigenvalue weighted by Crippen LogP contribution is -2.49. The number of amides is 1. The van der Waals surface area contributed by atoms with Crippen molar-refractivity contribution in [3.05, 3.63) is 16.1 Å². The summed E-state index contributed by atoms with van der Waals surface area (Å²) in [4.78, 5) is 31.0. The average molecular weight is 297 g/mol. The van der Waals surface area contributed by atoms with E-state index in [1.807, 2.05) is 0 Å². The SMILES string of the molecule is CC(C)CN1CCN(C(=O)c2nc(C(=O)O)cs2)CC1. The molecule has 1 aromatic heterocycles. The molecule has 0 saturated carbocycles. The Bertz CT molecular complexity index is 493. The van der Waals surface area contributed by atoms with E-state index in [0.29, 0.717) is 19.0 Å². The lowest BCUT2D eigenvalue weighted by atomic mass is 10.2. The minimum atomic E-state index is -1.10. The van der Waals surface area contributed by atoms with Crippen LogP contribution in [0.1, 0.15) is 34.1 Å². The first kappa shape index (κ1) is 14.9. The van der Waals surface area contributed by atoms with Gasteiger partial charge in [-0.05, 0) is 5.92 Å². The highest BCUT2D eigenvalue weighted by Crippen LogP contribution is 2.14. The molecule has 1 N–H and O–H groups in total. The number of thiazole rings is 1. The minimum absolute atomic E-state index is 0.0585. The zero-order valence-electron chi connectivity index (χ0n) is 11.7. The molecule has 0 radical (unpaired) electrons. The van der Waals surface area contributed by atoms with Crippen LogP contribution in [0, 0.1) is 5.92 Å². The molecule has 7 heteroatoms. The molecule has 110 valence electrons. The van der Waals surface area contributed by atoms with Gasteiger partial charge in [0.25, 0.3) is 5.91 Å². The summed E-state index contributed by atoms with van der Waals surface area (Å²) in [5, 5.41) is 10.5. The van der Waals surface area contributed by atoms with Gasteiger partial charge in [0.1, 0.15) is 0 Å². The van der Waals surface area contributed by atoms with E-state index in [4.69, 9.17) is 5.11 Å². The summed E-state index contributed by atoms with van der Waals surface area (Å²) >= 11 is 1.09. The predicted octanol–water partition coefficient (Wildman–Crippen LogP) is 1.26. The van der Waals surface area contributed by atoms with E-state index < -0.39 is 5.97 Å². The van der Waals surface area contributed by atoms with E-state index in [0.717, 1.165) is 31.0 Å². The van der Waals surface area contributed by atoms with Crippen molar-refractivity contribution in [3.63, 3.8) is 0 Å². The molecule has 0 aromatic carbocycles. The van der Waals surface area contributed by atoms with Gasteiger partial charge in [-0.3, -0.25) is 9.69 Å². The molecule has 1 aromatic rings. The second-order valence-electron chi connectivity index (χ2n) is 5.33. The van der Waals surface area contributed by atoms with E-state index in [-0.39, 0.29) is 16.6 Å². The molecule has 20 heavy (non-hydrogen) atoms. The maximum absolute atomic E-state index is 12.2. The zero-order chi connectivity index (χ0) is 14.7. The first-order valence-corrected chi connectivity index (χ1v) is 7.55. The van der Waals surface area contributed by atoms with Crippen molar-refractivity contribution in [3.8, 4) is 0 Å². The van der Waals surface area contributed by atoms with Crippen LogP contribution in [0.2, 0.25) is 0 Å². The molecule has 1 amide bonds. The molecule has 2 heterocycles. The monoisotopic (exact) mass is 297 g/mol. The molecule has 1 fully saturated rings. The van der Waals surface area contributed by atoms with Gasteiger partial charge in [0, 0.05) is 38.1 Å². The molecular formula is C13H19N3O3S. The Balaban J connectivity index is 1.92.